The lowest BCUT2D eigenvalue weighted by Crippen LogP contribution is -2.05. The number of hydrogen-bond donors (Lipinski definition) is 0. The van der Waals surface area contributed by atoms with Crippen LogP contribution in [0.25, 0.3) is 0 Å². The van der Waals surface area contributed by atoms with E-state index in [-0.39, 0.29) is 0 Å². The van der Waals surface area contributed by atoms with Gasteiger partial charge in [0.1, 0.15) is 5.76 Å². The van der Waals surface area contributed by atoms with Gasteiger partial charge in [-0.2, -0.15) is 0 Å². The van der Waals surface area contributed by atoms with Crippen molar-refractivity contribution < 1.29 is 4.42 Å². The standard InChI is InChI=1S/C14H22O/c1-2-3-7-13-10-11-15-14(13)12-8-5-4-6-9-12/h10-12H,2-9H2,1H3. The van der Waals surface area contributed by atoms with E-state index in [0.29, 0.717) is 0 Å². The Labute approximate surface area is 92.9 Å². The molecule has 0 N–H and O–H groups in total. The predicted octanol–water partition coefficient (Wildman–Crippen LogP) is 4.67. The molecule has 1 fully saturated rings. The lowest BCUT2D eigenvalue weighted by atomic mass is 9.85. The Kier molecular flexibility index (Phi) is 3.87. The van der Waals surface area contributed by atoms with E-state index in [1.807, 2.05) is 6.26 Å². The molecule has 1 nitrogen and oxygen atoms in total. The Morgan fingerprint density at radius 1 is 1.27 bits per heavy atom. The molecule has 1 aliphatic rings. The number of hydrogen-bond acceptors (Lipinski definition) is 1. The summed E-state index contributed by atoms with van der Waals surface area (Å²) in [6.07, 6.45) is 12.5. The topological polar surface area (TPSA) is 13.1 Å². The second kappa shape index (κ2) is 5.39. The summed E-state index contributed by atoms with van der Waals surface area (Å²) in [6.45, 7) is 2.25. The average Bonchev–Trinajstić information content (AvgIpc) is 2.75. The minimum absolute atomic E-state index is 0.723. The van der Waals surface area contributed by atoms with Crippen molar-refractivity contribution in [2.45, 2.75) is 64.2 Å². The SMILES string of the molecule is CCCCc1ccoc1C1CCCCC1. The van der Waals surface area contributed by atoms with Crippen LogP contribution in [0, 0.1) is 0 Å². The smallest absolute Gasteiger partial charge is 0.110 e. The van der Waals surface area contributed by atoms with Crippen molar-refractivity contribution in [3.8, 4) is 0 Å². The van der Waals surface area contributed by atoms with Crippen LogP contribution in [0.4, 0.5) is 0 Å². The molecular formula is C14H22O. The molecule has 1 saturated carbocycles. The molecule has 1 aromatic rings. The lowest BCUT2D eigenvalue weighted by Gasteiger charge is -2.20. The second-order valence-corrected chi connectivity index (χ2v) is 4.75. The summed E-state index contributed by atoms with van der Waals surface area (Å²) in [5.74, 6) is 2.03. The zero-order valence-corrected chi connectivity index (χ0v) is 9.80. The van der Waals surface area contributed by atoms with Crippen LogP contribution >= 0.6 is 0 Å². The molecule has 84 valence electrons. The molecule has 0 spiro atoms. The van der Waals surface area contributed by atoms with Crippen LogP contribution in [0.5, 0.6) is 0 Å². The van der Waals surface area contributed by atoms with Gasteiger partial charge in [0.05, 0.1) is 6.26 Å². The Morgan fingerprint density at radius 3 is 2.80 bits per heavy atom. The molecule has 1 heteroatoms. The quantitative estimate of drug-likeness (QED) is 0.697. The average molecular weight is 206 g/mol. The van der Waals surface area contributed by atoms with Crippen molar-refractivity contribution in [2.24, 2.45) is 0 Å². The summed E-state index contributed by atoms with van der Waals surface area (Å²) in [7, 11) is 0. The molecule has 0 aliphatic heterocycles. The van der Waals surface area contributed by atoms with E-state index in [9.17, 15) is 0 Å². The van der Waals surface area contributed by atoms with Gasteiger partial charge in [0, 0.05) is 5.92 Å². The van der Waals surface area contributed by atoms with Gasteiger partial charge >= 0.3 is 0 Å². The van der Waals surface area contributed by atoms with Crippen molar-refractivity contribution in [1.29, 1.82) is 0 Å². The minimum atomic E-state index is 0.723. The monoisotopic (exact) mass is 206 g/mol. The summed E-state index contributed by atoms with van der Waals surface area (Å²) < 4.78 is 5.70. The molecule has 0 unspecified atom stereocenters. The van der Waals surface area contributed by atoms with Crippen molar-refractivity contribution >= 4 is 0 Å². The maximum absolute atomic E-state index is 5.70. The molecule has 0 bridgehead atoms. The van der Waals surface area contributed by atoms with Crippen LogP contribution in [-0.2, 0) is 6.42 Å². The van der Waals surface area contributed by atoms with Crippen molar-refractivity contribution in [3.63, 3.8) is 0 Å². The molecule has 2 rings (SSSR count). The number of aryl methyl sites for hydroxylation is 1. The zero-order valence-electron chi connectivity index (χ0n) is 9.80. The van der Waals surface area contributed by atoms with E-state index in [1.54, 1.807) is 0 Å². The van der Waals surface area contributed by atoms with Crippen LogP contribution in [0.3, 0.4) is 0 Å². The molecule has 0 aromatic carbocycles. The third-order valence-corrected chi connectivity index (χ3v) is 3.56. The largest absolute Gasteiger partial charge is 0.469 e. The van der Waals surface area contributed by atoms with Gasteiger partial charge in [-0.25, -0.2) is 0 Å². The Hall–Kier alpha value is -0.720. The lowest BCUT2D eigenvalue weighted by molar-refractivity contribution is 0.371. The third kappa shape index (κ3) is 2.64. The van der Waals surface area contributed by atoms with Crippen LogP contribution in [0.15, 0.2) is 16.7 Å². The van der Waals surface area contributed by atoms with E-state index in [1.165, 1.54) is 62.7 Å². The predicted molar refractivity (Wildman–Crippen MR) is 63.1 cm³/mol. The Bertz CT molecular complexity index is 281. The first kappa shape index (κ1) is 10.8. The fourth-order valence-corrected chi connectivity index (χ4v) is 2.64. The fraction of sp³-hybridized carbons (Fsp3) is 0.714. The number of rotatable bonds is 4. The van der Waals surface area contributed by atoms with Gasteiger partial charge in [-0.05, 0) is 37.3 Å². The van der Waals surface area contributed by atoms with Crippen LogP contribution in [-0.4, -0.2) is 0 Å². The summed E-state index contributed by atoms with van der Waals surface area (Å²) in [5.41, 5.74) is 1.48. The highest BCUT2D eigenvalue weighted by molar-refractivity contribution is 5.21. The van der Waals surface area contributed by atoms with Crippen LogP contribution in [0.1, 0.15) is 69.1 Å². The highest BCUT2D eigenvalue weighted by Crippen LogP contribution is 2.35. The summed E-state index contributed by atoms with van der Waals surface area (Å²) in [4.78, 5) is 0. The van der Waals surface area contributed by atoms with Gasteiger partial charge in [0.2, 0.25) is 0 Å². The van der Waals surface area contributed by atoms with Gasteiger partial charge in [-0.1, -0.05) is 32.6 Å². The van der Waals surface area contributed by atoms with E-state index >= 15 is 0 Å². The molecule has 0 amide bonds. The highest BCUT2D eigenvalue weighted by Gasteiger charge is 2.20. The maximum atomic E-state index is 5.70. The number of furan rings is 1. The summed E-state index contributed by atoms with van der Waals surface area (Å²) >= 11 is 0. The molecule has 1 heterocycles. The first-order valence-corrected chi connectivity index (χ1v) is 6.48. The zero-order chi connectivity index (χ0) is 10.5. The Morgan fingerprint density at radius 2 is 2.07 bits per heavy atom. The van der Waals surface area contributed by atoms with Crippen molar-refractivity contribution in [1.82, 2.24) is 0 Å². The highest BCUT2D eigenvalue weighted by atomic mass is 16.3. The van der Waals surface area contributed by atoms with E-state index < -0.39 is 0 Å². The molecule has 0 saturated heterocycles. The van der Waals surface area contributed by atoms with Gasteiger partial charge in [-0.3, -0.25) is 0 Å². The second-order valence-electron chi connectivity index (χ2n) is 4.75. The van der Waals surface area contributed by atoms with Crippen LogP contribution in [0.2, 0.25) is 0 Å². The fourth-order valence-electron chi connectivity index (χ4n) is 2.64. The Balaban J connectivity index is 2.02. The van der Waals surface area contributed by atoms with Gasteiger partial charge < -0.3 is 4.42 Å². The van der Waals surface area contributed by atoms with Crippen molar-refractivity contribution in [3.05, 3.63) is 23.7 Å². The molecule has 15 heavy (non-hydrogen) atoms. The molecule has 1 aromatic heterocycles. The van der Waals surface area contributed by atoms with E-state index in [4.69, 9.17) is 4.42 Å². The first-order chi connectivity index (χ1) is 7.42. The van der Waals surface area contributed by atoms with Gasteiger partial charge in [0.15, 0.2) is 0 Å². The normalized spacial score (nSPS) is 18.2. The summed E-state index contributed by atoms with van der Waals surface area (Å²) in [6, 6.07) is 2.18. The maximum Gasteiger partial charge on any atom is 0.110 e. The minimum Gasteiger partial charge on any atom is -0.469 e. The summed E-state index contributed by atoms with van der Waals surface area (Å²) in [5, 5.41) is 0. The third-order valence-electron chi connectivity index (χ3n) is 3.56. The van der Waals surface area contributed by atoms with Crippen LogP contribution < -0.4 is 0 Å². The molecule has 0 radical (unpaired) electrons. The van der Waals surface area contributed by atoms with E-state index in [0.717, 1.165) is 5.92 Å². The molecule has 1 aliphatic carbocycles. The van der Waals surface area contributed by atoms with Gasteiger partial charge in [0.25, 0.3) is 0 Å². The molecule has 0 atom stereocenters. The first-order valence-electron chi connectivity index (χ1n) is 6.48. The van der Waals surface area contributed by atoms with E-state index in [2.05, 4.69) is 13.0 Å². The van der Waals surface area contributed by atoms with Crippen molar-refractivity contribution in [2.75, 3.05) is 0 Å². The number of unbranched alkanes of at least 4 members (excludes halogenated alkanes) is 1. The molecular weight excluding hydrogens is 184 g/mol. The van der Waals surface area contributed by atoms with Gasteiger partial charge in [-0.15, -0.1) is 0 Å².